The van der Waals surface area contributed by atoms with Crippen molar-refractivity contribution in [3.8, 4) is 0 Å². The summed E-state index contributed by atoms with van der Waals surface area (Å²) in [7, 11) is 0. The summed E-state index contributed by atoms with van der Waals surface area (Å²) >= 11 is 0. The van der Waals surface area contributed by atoms with Crippen LogP contribution in [-0.2, 0) is 0 Å². The molecule has 2 rings (SSSR count). The van der Waals surface area contributed by atoms with E-state index in [-0.39, 0.29) is 16.9 Å². The van der Waals surface area contributed by atoms with Crippen LogP contribution >= 0.6 is 0 Å². The Bertz CT molecular complexity index is 272. The van der Waals surface area contributed by atoms with Crippen LogP contribution < -0.4 is 5.32 Å². The molecule has 0 spiro atoms. The molecule has 0 bridgehead atoms. The Morgan fingerprint density at radius 1 is 1.57 bits per heavy atom. The van der Waals surface area contributed by atoms with Gasteiger partial charge in [0.1, 0.15) is 0 Å². The molecule has 0 saturated carbocycles. The number of hydrogen-bond donors (Lipinski definition) is 2. The van der Waals surface area contributed by atoms with Crippen molar-refractivity contribution in [2.75, 3.05) is 19.6 Å². The molecule has 2 aliphatic heterocycles. The largest absolute Gasteiger partial charge is 0.465 e. The second-order valence-electron chi connectivity index (χ2n) is 5.46. The SMILES string of the molecule is CC(C)(C)[C@@]12CNC[C@H]1N(C(=O)O)C2. The van der Waals surface area contributed by atoms with Crippen LogP contribution in [0.25, 0.3) is 0 Å². The molecule has 2 heterocycles. The fourth-order valence-electron chi connectivity index (χ4n) is 2.82. The van der Waals surface area contributed by atoms with Crippen LogP contribution in [0.4, 0.5) is 4.79 Å². The number of fused-ring (bicyclic) bond motifs is 1. The van der Waals surface area contributed by atoms with Crippen molar-refractivity contribution in [1.29, 1.82) is 0 Å². The first-order chi connectivity index (χ1) is 6.38. The molecule has 4 nitrogen and oxygen atoms in total. The first-order valence-electron chi connectivity index (χ1n) is 5.09. The smallest absolute Gasteiger partial charge is 0.407 e. The summed E-state index contributed by atoms with van der Waals surface area (Å²) in [6.07, 6.45) is -0.779. The molecule has 2 aliphatic rings. The molecule has 0 unspecified atom stereocenters. The van der Waals surface area contributed by atoms with Gasteiger partial charge in [0.05, 0.1) is 6.04 Å². The van der Waals surface area contributed by atoms with Crippen LogP contribution in [0.1, 0.15) is 20.8 Å². The van der Waals surface area contributed by atoms with Crippen LogP contribution in [0.5, 0.6) is 0 Å². The molecule has 2 atom stereocenters. The fourth-order valence-corrected chi connectivity index (χ4v) is 2.82. The Labute approximate surface area is 84.3 Å². The number of amides is 1. The number of nitrogens with zero attached hydrogens (tertiary/aromatic N) is 1. The van der Waals surface area contributed by atoms with Gasteiger partial charge in [0, 0.05) is 25.0 Å². The van der Waals surface area contributed by atoms with Crippen molar-refractivity contribution in [3.63, 3.8) is 0 Å². The molecular weight excluding hydrogens is 180 g/mol. The zero-order valence-corrected chi connectivity index (χ0v) is 9.00. The van der Waals surface area contributed by atoms with Gasteiger partial charge in [-0.25, -0.2) is 4.79 Å². The fraction of sp³-hybridized carbons (Fsp3) is 0.900. The maximum absolute atomic E-state index is 10.9. The Kier molecular flexibility index (Phi) is 1.83. The van der Waals surface area contributed by atoms with E-state index in [9.17, 15) is 4.79 Å². The van der Waals surface area contributed by atoms with Gasteiger partial charge in [-0.3, -0.25) is 0 Å². The van der Waals surface area contributed by atoms with E-state index in [0.717, 1.165) is 13.1 Å². The van der Waals surface area contributed by atoms with Gasteiger partial charge in [-0.1, -0.05) is 20.8 Å². The number of nitrogens with one attached hydrogen (secondary N) is 1. The zero-order valence-electron chi connectivity index (χ0n) is 9.00. The van der Waals surface area contributed by atoms with Gasteiger partial charge >= 0.3 is 6.09 Å². The Morgan fingerprint density at radius 2 is 2.21 bits per heavy atom. The number of carbonyl (C=O) groups is 1. The number of hydrogen-bond acceptors (Lipinski definition) is 2. The lowest BCUT2D eigenvalue weighted by Gasteiger charge is -2.58. The second-order valence-corrected chi connectivity index (χ2v) is 5.46. The predicted octanol–water partition coefficient (Wildman–Crippen LogP) is 0.984. The molecule has 14 heavy (non-hydrogen) atoms. The van der Waals surface area contributed by atoms with Gasteiger partial charge in [0.15, 0.2) is 0 Å². The summed E-state index contributed by atoms with van der Waals surface area (Å²) < 4.78 is 0. The molecular formula is C10H18N2O2. The van der Waals surface area contributed by atoms with E-state index in [0.29, 0.717) is 6.54 Å². The molecule has 80 valence electrons. The highest BCUT2D eigenvalue weighted by Gasteiger charge is 2.62. The average molecular weight is 198 g/mol. The van der Waals surface area contributed by atoms with Crippen LogP contribution in [0.3, 0.4) is 0 Å². The number of rotatable bonds is 0. The van der Waals surface area contributed by atoms with E-state index < -0.39 is 6.09 Å². The van der Waals surface area contributed by atoms with Crippen molar-refractivity contribution in [2.45, 2.75) is 26.8 Å². The van der Waals surface area contributed by atoms with E-state index in [4.69, 9.17) is 5.11 Å². The monoisotopic (exact) mass is 198 g/mol. The summed E-state index contributed by atoms with van der Waals surface area (Å²) in [5.74, 6) is 0. The summed E-state index contributed by atoms with van der Waals surface area (Å²) in [6, 6.07) is 0.181. The third-order valence-electron chi connectivity index (χ3n) is 3.98. The van der Waals surface area contributed by atoms with E-state index in [1.54, 1.807) is 4.90 Å². The van der Waals surface area contributed by atoms with E-state index in [2.05, 4.69) is 26.1 Å². The zero-order chi connectivity index (χ0) is 10.6. The van der Waals surface area contributed by atoms with Crippen molar-refractivity contribution in [3.05, 3.63) is 0 Å². The standard InChI is InChI=1S/C10H18N2O2/c1-9(2,3)10-5-11-4-7(10)12(6-10)8(13)14/h7,11H,4-6H2,1-3H3,(H,13,14)/t7-,10-/m1/s1. The Balaban J connectivity index is 2.21. The summed E-state index contributed by atoms with van der Waals surface area (Å²) in [6.45, 7) is 9.04. The molecule has 1 amide bonds. The molecule has 2 fully saturated rings. The molecule has 2 N–H and O–H groups in total. The maximum atomic E-state index is 10.9. The van der Waals surface area contributed by atoms with Crippen molar-refractivity contribution >= 4 is 6.09 Å². The normalized spacial score (nSPS) is 36.5. The maximum Gasteiger partial charge on any atom is 0.407 e. The molecule has 0 radical (unpaired) electrons. The van der Waals surface area contributed by atoms with Crippen LogP contribution in [0, 0.1) is 10.8 Å². The highest BCUT2D eigenvalue weighted by molar-refractivity contribution is 5.67. The lowest BCUT2D eigenvalue weighted by molar-refractivity contribution is -0.0903. The third-order valence-corrected chi connectivity index (χ3v) is 3.98. The Hall–Kier alpha value is -0.770. The van der Waals surface area contributed by atoms with E-state index >= 15 is 0 Å². The highest BCUT2D eigenvalue weighted by Crippen LogP contribution is 2.52. The topological polar surface area (TPSA) is 52.6 Å². The minimum Gasteiger partial charge on any atom is -0.465 e. The first kappa shape index (κ1) is 9.77. The lowest BCUT2D eigenvalue weighted by atomic mass is 9.58. The molecule has 2 saturated heterocycles. The summed E-state index contributed by atoms with van der Waals surface area (Å²) in [5.41, 5.74) is 0.332. The van der Waals surface area contributed by atoms with Crippen molar-refractivity contribution in [1.82, 2.24) is 10.2 Å². The number of likely N-dealkylation sites (tertiary alicyclic amines) is 1. The van der Waals surface area contributed by atoms with E-state index in [1.165, 1.54) is 0 Å². The molecule has 4 heteroatoms. The summed E-state index contributed by atoms with van der Waals surface area (Å²) in [5, 5.41) is 12.3. The molecule has 0 aliphatic carbocycles. The number of carboxylic acid groups (broad SMARTS) is 1. The quantitative estimate of drug-likeness (QED) is 0.610. The van der Waals surface area contributed by atoms with Crippen LogP contribution in [-0.4, -0.2) is 41.8 Å². The van der Waals surface area contributed by atoms with E-state index in [1.807, 2.05) is 0 Å². The van der Waals surface area contributed by atoms with Gasteiger partial charge in [0.25, 0.3) is 0 Å². The third kappa shape index (κ3) is 1.00. The molecule has 0 aromatic carbocycles. The van der Waals surface area contributed by atoms with Gasteiger partial charge < -0.3 is 15.3 Å². The average Bonchev–Trinajstić information content (AvgIpc) is 2.26. The lowest BCUT2D eigenvalue weighted by Crippen LogP contribution is -2.70. The van der Waals surface area contributed by atoms with Gasteiger partial charge in [-0.05, 0) is 5.41 Å². The summed E-state index contributed by atoms with van der Waals surface area (Å²) in [4.78, 5) is 12.5. The van der Waals surface area contributed by atoms with Crippen molar-refractivity contribution in [2.24, 2.45) is 10.8 Å². The van der Waals surface area contributed by atoms with Crippen molar-refractivity contribution < 1.29 is 9.90 Å². The Morgan fingerprint density at radius 3 is 2.71 bits per heavy atom. The minimum atomic E-state index is -0.779. The predicted molar refractivity (Wildman–Crippen MR) is 53.3 cm³/mol. The second kappa shape index (κ2) is 2.63. The molecule has 0 aromatic heterocycles. The minimum absolute atomic E-state index is 0.158. The first-order valence-corrected chi connectivity index (χ1v) is 5.09. The van der Waals surface area contributed by atoms with Crippen LogP contribution in [0.15, 0.2) is 0 Å². The van der Waals surface area contributed by atoms with Gasteiger partial charge in [-0.2, -0.15) is 0 Å². The van der Waals surface area contributed by atoms with Gasteiger partial charge in [0.2, 0.25) is 0 Å². The highest BCUT2D eigenvalue weighted by atomic mass is 16.4. The van der Waals surface area contributed by atoms with Gasteiger partial charge in [-0.15, -0.1) is 0 Å². The van der Waals surface area contributed by atoms with Crippen LogP contribution in [0.2, 0.25) is 0 Å². The molecule has 0 aromatic rings.